The van der Waals surface area contributed by atoms with Crippen LogP contribution < -0.4 is 15.8 Å². The fourth-order valence-electron chi connectivity index (χ4n) is 3.37. The van der Waals surface area contributed by atoms with Crippen LogP contribution >= 0.6 is 0 Å². The van der Waals surface area contributed by atoms with Gasteiger partial charge < -0.3 is 15.8 Å². The molecule has 0 spiro atoms. The zero-order valence-electron chi connectivity index (χ0n) is 15.2. The van der Waals surface area contributed by atoms with Gasteiger partial charge in [0.1, 0.15) is 6.54 Å². The second-order valence-electron chi connectivity index (χ2n) is 6.76. The van der Waals surface area contributed by atoms with Gasteiger partial charge in [-0.15, -0.1) is 0 Å². The monoisotopic (exact) mass is 382 g/mol. The number of anilines is 1. The summed E-state index contributed by atoms with van der Waals surface area (Å²) < 4.78 is 20.6. The van der Waals surface area contributed by atoms with E-state index in [1.165, 1.54) is 23.9 Å². The number of nitrogens with zero attached hydrogens (tertiary/aromatic N) is 2. The van der Waals surface area contributed by atoms with Gasteiger partial charge in [0.25, 0.3) is 5.91 Å². The van der Waals surface area contributed by atoms with Gasteiger partial charge in [-0.1, -0.05) is 18.2 Å². The van der Waals surface area contributed by atoms with Crippen LogP contribution in [0.3, 0.4) is 0 Å². The normalized spacial score (nSPS) is 13.5. The Morgan fingerprint density at radius 2 is 2.04 bits per heavy atom. The molecule has 3 aromatic rings. The summed E-state index contributed by atoms with van der Waals surface area (Å²) >= 11 is 0. The Morgan fingerprint density at radius 1 is 1.29 bits per heavy atom. The maximum Gasteiger partial charge on any atom is 0.269 e. The molecule has 3 N–H and O–H groups in total. The number of nitrogens with two attached hydrogens (primary N) is 1. The highest BCUT2D eigenvalue weighted by molar-refractivity contribution is 6.06. The number of nitrogens with one attached hydrogen (secondary N) is 1. The minimum atomic E-state index is -0.655. The van der Waals surface area contributed by atoms with Gasteiger partial charge in [-0.05, 0) is 42.5 Å². The average molecular weight is 382 g/mol. The average Bonchev–Trinajstić information content (AvgIpc) is 3.45. The molecule has 1 aliphatic carbocycles. The van der Waals surface area contributed by atoms with Gasteiger partial charge in [0.15, 0.2) is 17.3 Å². The summed E-state index contributed by atoms with van der Waals surface area (Å²) in [7, 11) is 1.35. The van der Waals surface area contributed by atoms with Crippen molar-refractivity contribution in [2.45, 2.75) is 25.3 Å². The minimum Gasteiger partial charge on any atom is -0.494 e. The number of carbonyl (C=O) groups is 2. The van der Waals surface area contributed by atoms with Gasteiger partial charge in [0, 0.05) is 5.39 Å². The van der Waals surface area contributed by atoms with Crippen LogP contribution in [0, 0.1) is 5.82 Å². The number of carbonyl (C=O) groups excluding carboxylic acids is 2. The van der Waals surface area contributed by atoms with E-state index in [1.54, 1.807) is 12.1 Å². The predicted octanol–water partition coefficient (Wildman–Crippen LogP) is 2.80. The summed E-state index contributed by atoms with van der Waals surface area (Å²) in [6, 6.07) is 10.1. The predicted molar refractivity (Wildman–Crippen MR) is 102 cm³/mol. The maximum absolute atomic E-state index is 14.3. The van der Waals surface area contributed by atoms with Crippen LogP contribution in [0.2, 0.25) is 0 Å². The van der Waals surface area contributed by atoms with Crippen molar-refractivity contribution in [2.24, 2.45) is 5.73 Å². The number of hydrogen-bond acceptors (Lipinski definition) is 4. The molecule has 0 saturated heterocycles. The lowest BCUT2D eigenvalue weighted by Gasteiger charge is -2.09. The molecule has 0 unspecified atom stereocenters. The van der Waals surface area contributed by atoms with Crippen LogP contribution in [0.25, 0.3) is 10.9 Å². The highest BCUT2D eigenvalue weighted by Crippen LogP contribution is 2.43. The summed E-state index contributed by atoms with van der Waals surface area (Å²) in [6.07, 6.45) is 2.11. The molecule has 0 bridgehead atoms. The molecule has 0 aliphatic heterocycles. The number of amides is 2. The molecule has 1 heterocycles. The van der Waals surface area contributed by atoms with Gasteiger partial charge in [-0.2, -0.15) is 5.10 Å². The van der Waals surface area contributed by atoms with E-state index in [0.717, 1.165) is 18.4 Å². The summed E-state index contributed by atoms with van der Waals surface area (Å²) in [6.45, 7) is -0.186. The summed E-state index contributed by atoms with van der Waals surface area (Å²) in [5.41, 5.74) is 7.35. The molecule has 1 aromatic heterocycles. The summed E-state index contributed by atoms with van der Waals surface area (Å²) in [5, 5.41) is 7.47. The molecular weight excluding hydrogens is 363 g/mol. The largest absolute Gasteiger partial charge is 0.494 e. The van der Waals surface area contributed by atoms with Crippen LogP contribution in [0.4, 0.5) is 10.1 Å². The molecule has 144 valence electrons. The van der Waals surface area contributed by atoms with E-state index in [1.807, 2.05) is 12.1 Å². The molecule has 28 heavy (non-hydrogen) atoms. The Morgan fingerprint density at radius 3 is 2.71 bits per heavy atom. The van der Waals surface area contributed by atoms with E-state index in [-0.39, 0.29) is 23.7 Å². The zero-order valence-corrected chi connectivity index (χ0v) is 15.2. The Hall–Kier alpha value is -3.42. The minimum absolute atomic E-state index is 0.00889. The molecule has 0 radical (unpaired) electrons. The number of rotatable bonds is 6. The van der Waals surface area contributed by atoms with Gasteiger partial charge in [0.2, 0.25) is 5.91 Å². The first kappa shape index (κ1) is 18.0. The highest BCUT2D eigenvalue weighted by Gasteiger charge is 2.29. The number of fused-ring (bicyclic) bond motifs is 1. The van der Waals surface area contributed by atoms with Crippen LogP contribution in [0.15, 0.2) is 36.4 Å². The molecular formula is C20H19FN4O3. The molecule has 4 rings (SSSR count). The standard InChI is InChI=1S/C20H19FN4O3/c1-28-15-7-3-5-13(18(15)21)23-16(26)10-25-14-6-2-4-12(11-8-9-11)17(14)19(24-25)20(22)27/h2-7,11H,8-10H2,1H3,(H2,22,27)(H,23,26). The molecule has 0 atom stereocenters. The fourth-order valence-corrected chi connectivity index (χ4v) is 3.37. The van der Waals surface area contributed by atoms with Crippen molar-refractivity contribution >= 4 is 28.4 Å². The Bertz CT molecular complexity index is 1090. The van der Waals surface area contributed by atoms with Crippen LogP contribution in [-0.4, -0.2) is 28.7 Å². The highest BCUT2D eigenvalue weighted by atomic mass is 19.1. The van der Waals surface area contributed by atoms with Crippen molar-refractivity contribution in [2.75, 3.05) is 12.4 Å². The number of benzene rings is 2. The topological polar surface area (TPSA) is 99.2 Å². The Kier molecular flexibility index (Phi) is 4.46. The number of ether oxygens (including phenoxy) is 1. The molecule has 2 amide bonds. The van der Waals surface area contributed by atoms with Gasteiger partial charge >= 0.3 is 0 Å². The summed E-state index contributed by atoms with van der Waals surface area (Å²) in [5.74, 6) is -1.36. The first-order chi connectivity index (χ1) is 13.5. The van der Waals surface area contributed by atoms with E-state index in [2.05, 4.69) is 10.4 Å². The van der Waals surface area contributed by atoms with E-state index >= 15 is 0 Å². The first-order valence-electron chi connectivity index (χ1n) is 8.91. The fraction of sp³-hybridized carbons (Fsp3) is 0.250. The molecule has 7 nitrogen and oxygen atoms in total. The number of methoxy groups -OCH3 is 1. The van der Waals surface area contributed by atoms with Crippen LogP contribution in [-0.2, 0) is 11.3 Å². The molecule has 1 fully saturated rings. The molecule has 2 aromatic carbocycles. The third-order valence-corrected chi connectivity index (χ3v) is 4.81. The van der Waals surface area contributed by atoms with Crippen molar-refractivity contribution in [1.82, 2.24) is 9.78 Å². The van der Waals surface area contributed by atoms with Crippen LogP contribution in [0.5, 0.6) is 5.75 Å². The SMILES string of the molecule is COc1cccc(NC(=O)Cn2nc(C(N)=O)c3c(C4CC4)cccc32)c1F. The second kappa shape index (κ2) is 6.95. The van der Waals surface area contributed by atoms with Crippen molar-refractivity contribution in [1.29, 1.82) is 0 Å². The Balaban J connectivity index is 1.66. The van der Waals surface area contributed by atoms with E-state index in [4.69, 9.17) is 10.5 Å². The van der Waals surface area contributed by atoms with Crippen LogP contribution in [0.1, 0.15) is 34.8 Å². The summed E-state index contributed by atoms with van der Waals surface area (Å²) in [4.78, 5) is 24.4. The van der Waals surface area contributed by atoms with Crippen molar-refractivity contribution in [3.63, 3.8) is 0 Å². The molecule has 8 heteroatoms. The lowest BCUT2D eigenvalue weighted by Crippen LogP contribution is -2.21. The molecule has 1 saturated carbocycles. The van der Waals surface area contributed by atoms with Gasteiger partial charge in [0.05, 0.1) is 18.3 Å². The molecule has 1 aliphatic rings. The van der Waals surface area contributed by atoms with Crippen molar-refractivity contribution in [3.05, 3.63) is 53.5 Å². The van der Waals surface area contributed by atoms with Gasteiger partial charge in [-0.3, -0.25) is 14.3 Å². The smallest absolute Gasteiger partial charge is 0.269 e. The van der Waals surface area contributed by atoms with E-state index in [9.17, 15) is 14.0 Å². The third-order valence-electron chi connectivity index (χ3n) is 4.81. The number of hydrogen-bond donors (Lipinski definition) is 2. The van der Waals surface area contributed by atoms with Gasteiger partial charge in [-0.25, -0.2) is 4.39 Å². The van der Waals surface area contributed by atoms with E-state index in [0.29, 0.717) is 16.8 Å². The van der Waals surface area contributed by atoms with E-state index < -0.39 is 17.6 Å². The number of aromatic nitrogens is 2. The second-order valence-corrected chi connectivity index (χ2v) is 6.76. The quantitative estimate of drug-likeness (QED) is 0.685. The zero-order chi connectivity index (χ0) is 19.8. The third kappa shape index (κ3) is 3.17. The number of halogens is 1. The van der Waals surface area contributed by atoms with Crippen molar-refractivity contribution < 1.29 is 18.7 Å². The first-order valence-corrected chi connectivity index (χ1v) is 8.91. The lowest BCUT2D eigenvalue weighted by molar-refractivity contribution is -0.116. The lowest BCUT2D eigenvalue weighted by atomic mass is 10.0. The Labute approximate surface area is 160 Å². The van der Waals surface area contributed by atoms with Crippen molar-refractivity contribution in [3.8, 4) is 5.75 Å². The maximum atomic E-state index is 14.3. The number of primary amides is 1.